The van der Waals surface area contributed by atoms with Crippen molar-refractivity contribution in [1.82, 2.24) is 19.4 Å². The molecule has 4 heterocycles. The number of hydrogen-bond donors (Lipinski definition) is 0. The summed E-state index contributed by atoms with van der Waals surface area (Å²) in [6.07, 6.45) is 3.37. The third kappa shape index (κ3) is 6.06. The topological polar surface area (TPSA) is 112 Å². The van der Waals surface area contributed by atoms with Crippen molar-refractivity contribution in [2.24, 2.45) is 4.99 Å². The molecule has 3 aromatic heterocycles. The van der Waals surface area contributed by atoms with Crippen LogP contribution in [-0.4, -0.2) is 52.7 Å². The number of furan rings is 1. The van der Waals surface area contributed by atoms with Gasteiger partial charge in [-0.05, 0) is 85.7 Å². The fraction of sp³-hybridized carbons (Fsp3) is 0.300. The number of halogens is 1. The number of amides is 1. The van der Waals surface area contributed by atoms with Crippen molar-refractivity contribution in [3.05, 3.63) is 89.0 Å². The van der Waals surface area contributed by atoms with E-state index in [2.05, 4.69) is 25.9 Å². The maximum absolute atomic E-state index is 14.1. The van der Waals surface area contributed by atoms with Gasteiger partial charge in [-0.25, -0.2) is 15.0 Å². The van der Waals surface area contributed by atoms with E-state index >= 15 is 0 Å². The molecule has 224 valence electrons. The highest BCUT2D eigenvalue weighted by Gasteiger charge is 2.36. The number of carbonyl (C=O) groups excluding carboxylic acids is 1. The van der Waals surface area contributed by atoms with E-state index in [9.17, 15) is 9.59 Å². The highest BCUT2D eigenvalue weighted by molar-refractivity contribution is 9.10. The lowest BCUT2D eigenvalue weighted by atomic mass is 9.93. The third-order valence-corrected chi connectivity index (χ3v) is 9.64. The first-order chi connectivity index (χ1) is 20.7. The summed E-state index contributed by atoms with van der Waals surface area (Å²) < 4.78 is 20.0. The molecule has 0 unspecified atom stereocenters. The minimum absolute atomic E-state index is 0.189. The summed E-state index contributed by atoms with van der Waals surface area (Å²) in [6, 6.07) is 8.18. The van der Waals surface area contributed by atoms with E-state index in [0.29, 0.717) is 71.2 Å². The van der Waals surface area contributed by atoms with Crippen LogP contribution in [0, 0.1) is 6.92 Å². The molecule has 43 heavy (non-hydrogen) atoms. The second-order valence-corrected chi connectivity index (χ2v) is 12.3. The van der Waals surface area contributed by atoms with Gasteiger partial charge < -0.3 is 18.8 Å². The van der Waals surface area contributed by atoms with Gasteiger partial charge in [-0.2, -0.15) is 0 Å². The third-order valence-electron chi connectivity index (χ3n) is 6.94. The van der Waals surface area contributed by atoms with Gasteiger partial charge in [-0.3, -0.25) is 14.2 Å². The Kier molecular flexibility index (Phi) is 9.23. The number of methoxy groups -OCH3 is 2. The smallest absolute Gasteiger partial charge is 0.271 e. The molecule has 0 saturated heterocycles. The number of ether oxygens (including phenoxy) is 2. The molecule has 0 saturated carbocycles. The predicted octanol–water partition coefficient (Wildman–Crippen LogP) is 4.73. The number of benzene rings is 1. The molecule has 1 amide bonds. The molecule has 4 aromatic rings. The van der Waals surface area contributed by atoms with Crippen LogP contribution in [0.15, 0.2) is 76.7 Å². The lowest BCUT2D eigenvalue weighted by Gasteiger charge is -2.30. The molecule has 0 aliphatic carbocycles. The minimum atomic E-state index is -0.788. The van der Waals surface area contributed by atoms with Gasteiger partial charge in [0.1, 0.15) is 23.3 Å². The Labute approximate surface area is 264 Å². The molecule has 1 atom stereocenters. The molecule has 0 fully saturated rings. The van der Waals surface area contributed by atoms with E-state index in [-0.39, 0.29) is 11.5 Å². The highest BCUT2D eigenvalue weighted by Crippen LogP contribution is 2.38. The minimum Gasteiger partial charge on any atom is -0.497 e. The van der Waals surface area contributed by atoms with E-state index in [1.165, 1.54) is 23.1 Å². The summed E-state index contributed by atoms with van der Waals surface area (Å²) in [5, 5.41) is 1.11. The molecule has 1 aliphatic rings. The molecule has 1 aromatic carbocycles. The average molecular weight is 685 g/mol. The molecular formula is C30H30BrN5O5S2. The Balaban J connectivity index is 1.67. The Bertz CT molecular complexity index is 1910. The lowest BCUT2D eigenvalue weighted by Crippen LogP contribution is -2.43. The van der Waals surface area contributed by atoms with Crippen LogP contribution in [0.25, 0.3) is 6.08 Å². The van der Waals surface area contributed by atoms with Gasteiger partial charge in [0.2, 0.25) is 0 Å². The summed E-state index contributed by atoms with van der Waals surface area (Å²) in [5.74, 6) is 1.38. The summed E-state index contributed by atoms with van der Waals surface area (Å²) in [5.41, 5.74) is 2.11. The maximum atomic E-state index is 14.1. The summed E-state index contributed by atoms with van der Waals surface area (Å²) in [4.78, 5) is 43.7. The molecule has 0 spiro atoms. The van der Waals surface area contributed by atoms with Gasteiger partial charge in [0.15, 0.2) is 15.1 Å². The SMILES string of the molecule is CCN(CC)C(=O)C1=C(C)N=c2s/c(=C\c3cc(Br)c(Sc4nccc(C)n4)o3)c(=O)n2[C@@H]1c1cc(OC)ccc1OC. The van der Waals surface area contributed by atoms with E-state index in [4.69, 9.17) is 18.9 Å². The number of likely N-dealkylation sites (N-methyl/N-ethyl adjacent to an activating group) is 1. The zero-order valence-corrected chi connectivity index (χ0v) is 27.7. The highest BCUT2D eigenvalue weighted by atomic mass is 79.9. The van der Waals surface area contributed by atoms with Crippen molar-refractivity contribution in [3.63, 3.8) is 0 Å². The number of aromatic nitrogens is 3. The first kappa shape index (κ1) is 30.8. The van der Waals surface area contributed by atoms with Crippen LogP contribution in [0.1, 0.15) is 43.8 Å². The number of allylic oxidation sites excluding steroid dienone is 1. The van der Waals surface area contributed by atoms with Crippen LogP contribution in [0.5, 0.6) is 11.5 Å². The molecule has 5 rings (SSSR count). The normalized spacial score (nSPS) is 14.9. The Hall–Kier alpha value is -3.68. The van der Waals surface area contributed by atoms with Crippen molar-refractivity contribution in [3.8, 4) is 11.5 Å². The predicted molar refractivity (Wildman–Crippen MR) is 169 cm³/mol. The molecule has 0 bridgehead atoms. The lowest BCUT2D eigenvalue weighted by molar-refractivity contribution is -0.127. The quantitative estimate of drug-likeness (QED) is 0.233. The van der Waals surface area contributed by atoms with Crippen LogP contribution in [0.2, 0.25) is 0 Å². The zero-order chi connectivity index (χ0) is 30.8. The molecule has 0 N–H and O–H groups in total. The van der Waals surface area contributed by atoms with Crippen molar-refractivity contribution in [2.45, 2.75) is 44.0 Å². The number of fused-ring (bicyclic) bond motifs is 1. The largest absolute Gasteiger partial charge is 0.497 e. The second-order valence-electron chi connectivity index (χ2n) is 9.53. The summed E-state index contributed by atoms with van der Waals surface area (Å²) in [7, 11) is 3.13. The Morgan fingerprint density at radius 3 is 2.63 bits per heavy atom. The molecular weight excluding hydrogens is 654 g/mol. The number of hydrogen-bond acceptors (Lipinski definition) is 10. The number of rotatable bonds is 9. The van der Waals surface area contributed by atoms with Gasteiger partial charge in [-0.15, -0.1) is 0 Å². The summed E-state index contributed by atoms with van der Waals surface area (Å²) in [6.45, 7) is 8.57. The van der Waals surface area contributed by atoms with Crippen molar-refractivity contribution < 1.29 is 18.7 Å². The average Bonchev–Trinajstić information content (AvgIpc) is 3.49. The monoisotopic (exact) mass is 683 g/mol. The fourth-order valence-corrected chi connectivity index (χ4v) is 7.16. The molecule has 10 nitrogen and oxygen atoms in total. The van der Waals surface area contributed by atoms with Gasteiger partial charge in [0.25, 0.3) is 11.5 Å². The number of nitrogens with zero attached hydrogens (tertiary/aromatic N) is 5. The molecule has 0 radical (unpaired) electrons. The second kappa shape index (κ2) is 12.9. The zero-order valence-electron chi connectivity index (χ0n) is 24.5. The van der Waals surface area contributed by atoms with Crippen LogP contribution < -0.4 is 24.4 Å². The van der Waals surface area contributed by atoms with Crippen LogP contribution in [0.3, 0.4) is 0 Å². The summed E-state index contributed by atoms with van der Waals surface area (Å²) >= 11 is 6.05. The first-order valence-electron chi connectivity index (χ1n) is 13.5. The Morgan fingerprint density at radius 2 is 1.95 bits per heavy atom. The Morgan fingerprint density at radius 1 is 1.19 bits per heavy atom. The van der Waals surface area contributed by atoms with E-state index < -0.39 is 6.04 Å². The van der Waals surface area contributed by atoms with Gasteiger partial charge >= 0.3 is 0 Å². The maximum Gasteiger partial charge on any atom is 0.271 e. The molecule has 13 heteroatoms. The van der Waals surface area contributed by atoms with Crippen molar-refractivity contribution in [2.75, 3.05) is 27.3 Å². The standard InChI is InChI=1S/C30H30BrN5O5S2/c1-7-35(8-2)27(38)24-17(4)34-30-36(25(24)20-13-18(39-5)9-10-22(20)40-6)26(37)23(42-30)15-19-14-21(31)28(41-19)43-29-32-12-11-16(3)33-29/h9-15,25H,7-8H2,1-6H3/b23-15-/t25-/m1/s1. The van der Waals surface area contributed by atoms with Crippen molar-refractivity contribution >= 4 is 51.0 Å². The van der Waals surface area contributed by atoms with Gasteiger partial charge in [0, 0.05) is 36.6 Å². The van der Waals surface area contributed by atoms with Crippen molar-refractivity contribution in [1.29, 1.82) is 0 Å². The number of carbonyl (C=O) groups is 1. The van der Waals surface area contributed by atoms with Crippen LogP contribution in [0.4, 0.5) is 0 Å². The fourth-order valence-electron chi connectivity index (χ4n) is 4.82. The molecule has 1 aliphatic heterocycles. The van der Waals surface area contributed by atoms with E-state index in [1.807, 2.05) is 26.8 Å². The van der Waals surface area contributed by atoms with Gasteiger partial charge in [-0.1, -0.05) is 11.3 Å². The first-order valence-corrected chi connectivity index (χ1v) is 15.9. The van der Waals surface area contributed by atoms with E-state index in [0.717, 1.165) is 5.69 Å². The number of thiazole rings is 1. The van der Waals surface area contributed by atoms with E-state index in [1.54, 1.807) is 67.1 Å². The van der Waals surface area contributed by atoms with Crippen LogP contribution in [-0.2, 0) is 4.79 Å². The van der Waals surface area contributed by atoms with Gasteiger partial charge in [0.05, 0.1) is 34.5 Å². The number of aryl methyl sites for hydroxylation is 1. The van der Waals surface area contributed by atoms with Crippen LogP contribution >= 0.6 is 39.0 Å².